The first-order valence-electron chi connectivity index (χ1n) is 10.4. The summed E-state index contributed by atoms with van der Waals surface area (Å²) in [5.41, 5.74) is 4.70. The molecule has 1 fully saturated rings. The minimum atomic E-state index is -0.761. The summed E-state index contributed by atoms with van der Waals surface area (Å²) in [6, 6.07) is 19.6. The topological polar surface area (TPSA) is 66.8 Å². The van der Waals surface area contributed by atoms with Gasteiger partial charge in [0.25, 0.3) is 11.7 Å². The standard InChI is InChI=1S/C27H25NO4/c1-16-8-11-20(12-9-16)28-24(19-7-5-6-17(2)14-19)23(26(30)27(28)31)25(29)21-15-18(3)10-13-22(21)32-4/h5-15,24,29H,1-4H3/b25-23+. The molecule has 32 heavy (non-hydrogen) atoms. The van der Waals surface area contributed by atoms with Gasteiger partial charge in [0.05, 0.1) is 24.3 Å². The first-order chi connectivity index (χ1) is 15.3. The number of hydrogen-bond donors (Lipinski definition) is 1. The van der Waals surface area contributed by atoms with Crippen LogP contribution in [0.4, 0.5) is 5.69 Å². The number of anilines is 1. The first-order valence-corrected chi connectivity index (χ1v) is 10.4. The molecule has 1 amide bonds. The van der Waals surface area contributed by atoms with E-state index < -0.39 is 17.7 Å². The summed E-state index contributed by atoms with van der Waals surface area (Å²) in [6.07, 6.45) is 0. The van der Waals surface area contributed by atoms with Gasteiger partial charge < -0.3 is 9.84 Å². The quantitative estimate of drug-likeness (QED) is 0.351. The summed E-state index contributed by atoms with van der Waals surface area (Å²) >= 11 is 0. The van der Waals surface area contributed by atoms with Crippen molar-refractivity contribution in [3.8, 4) is 5.75 Å². The number of carbonyl (C=O) groups excluding carboxylic acids is 2. The van der Waals surface area contributed by atoms with Gasteiger partial charge in [0, 0.05) is 5.69 Å². The van der Waals surface area contributed by atoms with Crippen LogP contribution in [0.2, 0.25) is 0 Å². The number of carbonyl (C=O) groups is 2. The lowest BCUT2D eigenvalue weighted by Crippen LogP contribution is -2.29. The number of aliphatic hydroxyl groups is 1. The number of nitrogens with zero attached hydrogens (tertiary/aromatic N) is 1. The molecule has 0 radical (unpaired) electrons. The van der Waals surface area contributed by atoms with Crippen LogP contribution in [0.25, 0.3) is 5.76 Å². The number of amides is 1. The lowest BCUT2D eigenvalue weighted by Gasteiger charge is -2.26. The number of hydrogen-bond acceptors (Lipinski definition) is 4. The summed E-state index contributed by atoms with van der Waals surface area (Å²) in [6.45, 7) is 5.80. The third kappa shape index (κ3) is 3.66. The van der Waals surface area contributed by atoms with Gasteiger partial charge in [-0.05, 0) is 50.6 Å². The van der Waals surface area contributed by atoms with E-state index in [1.54, 1.807) is 12.1 Å². The second-order valence-electron chi connectivity index (χ2n) is 8.12. The van der Waals surface area contributed by atoms with Crippen molar-refractivity contribution < 1.29 is 19.4 Å². The number of Topliss-reactive ketones (excluding diaryl/α,β-unsaturated/α-hetero) is 1. The normalized spacial score (nSPS) is 17.6. The Morgan fingerprint density at radius 3 is 2.19 bits per heavy atom. The van der Waals surface area contributed by atoms with Crippen molar-refractivity contribution in [2.75, 3.05) is 12.0 Å². The summed E-state index contributed by atoms with van der Waals surface area (Å²) in [5.74, 6) is -1.21. The minimum absolute atomic E-state index is 0.0464. The first kappa shape index (κ1) is 21.4. The Labute approximate surface area is 187 Å². The fourth-order valence-corrected chi connectivity index (χ4v) is 4.11. The molecule has 5 nitrogen and oxygen atoms in total. The van der Waals surface area contributed by atoms with E-state index in [1.807, 2.05) is 75.4 Å². The molecule has 1 N–H and O–H groups in total. The van der Waals surface area contributed by atoms with Crippen LogP contribution in [0.15, 0.2) is 72.3 Å². The van der Waals surface area contributed by atoms with Gasteiger partial charge in [0.1, 0.15) is 11.5 Å². The molecule has 0 saturated carbocycles. The molecular weight excluding hydrogens is 402 g/mol. The molecule has 1 unspecified atom stereocenters. The maximum absolute atomic E-state index is 13.3. The number of aryl methyl sites for hydroxylation is 3. The molecule has 0 bridgehead atoms. The molecule has 1 heterocycles. The van der Waals surface area contributed by atoms with Gasteiger partial charge >= 0.3 is 0 Å². The molecule has 1 aliphatic heterocycles. The van der Waals surface area contributed by atoms with Crippen LogP contribution in [0, 0.1) is 20.8 Å². The fraction of sp³-hybridized carbons (Fsp3) is 0.185. The highest BCUT2D eigenvalue weighted by molar-refractivity contribution is 6.51. The molecule has 1 aliphatic rings. The highest BCUT2D eigenvalue weighted by Gasteiger charge is 2.47. The number of ketones is 1. The van der Waals surface area contributed by atoms with Gasteiger partial charge in [-0.3, -0.25) is 14.5 Å². The Bertz CT molecular complexity index is 1240. The van der Waals surface area contributed by atoms with E-state index in [2.05, 4.69) is 0 Å². The molecule has 0 spiro atoms. The van der Waals surface area contributed by atoms with Crippen LogP contribution in [0.1, 0.15) is 33.9 Å². The zero-order valence-corrected chi connectivity index (χ0v) is 18.5. The molecule has 0 aromatic heterocycles. The van der Waals surface area contributed by atoms with Crippen LogP contribution >= 0.6 is 0 Å². The Morgan fingerprint density at radius 2 is 1.53 bits per heavy atom. The average Bonchev–Trinajstić information content (AvgIpc) is 3.04. The number of aliphatic hydroxyl groups excluding tert-OH is 1. The fourth-order valence-electron chi connectivity index (χ4n) is 4.11. The van der Waals surface area contributed by atoms with Crippen LogP contribution in [-0.4, -0.2) is 23.9 Å². The monoisotopic (exact) mass is 427 g/mol. The lowest BCUT2D eigenvalue weighted by molar-refractivity contribution is -0.132. The SMILES string of the molecule is COc1ccc(C)cc1/C(O)=C1\C(=O)C(=O)N(c2ccc(C)cc2)C1c1cccc(C)c1. The van der Waals surface area contributed by atoms with E-state index in [4.69, 9.17) is 4.74 Å². The van der Waals surface area contributed by atoms with E-state index in [-0.39, 0.29) is 11.3 Å². The molecular formula is C27H25NO4. The minimum Gasteiger partial charge on any atom is -0.507 e. The van der Waals surface area contributed by atoms with Gasteiger partial charge in [0.2, 0.25) is 0 Å². The van der Waals surface area contributed by atoms with Crippen molar-refractivity contribution in [1.29, 1.82) is 0 Å². The maximum atomic E-state index is 13.3. The number of ether oxygens (including phenoxy) is 1. The van der Waals surface area contributed by atoms with E-state index in [0.717, 1.165) is 22.3 Å². The number of methoxy groups -OCH3 is 1. The smallest absolute Gasteiger partial charge is 0.300 e. The molecule has 5 heteroatoms. The molecule has 3 aromatic carbocycles. The van der Waals surface area contributed by atoms with Crippen LogP contribution < -0.4 is 9.64 Å². The summed E-state index contributed by atoms with van der Waals surface area (Å²) < 4.78 is 5.42. The second kappa shape index (κ2) is 8.35. The second-order valence-corrected chi connectivity index (χ2v) is 8.12. The highest BCUT2D eigenvalue weighted by Crippen LogP contribution is 2.43. The highest BCUT2D eigenvalue weighted by atomic mass is 16.5. The van der Waals surface area contributed by atoms with E-state index in [9.17, 15) is 14.7 Å². The Balaban J connectivity index is 1.99. The van der Waals surface area contributed by atoms with Crippen LogP contribution in [0.3, 0.4) is 0 Å². The summed E-state index contributed by atoms with van der Waals surface area (Å²) in [5, 5.41) is 11.4. The Kier molecular flexibility index (Phi) is 5.57. The zero-order chi connectivity index (χ0) is 23.0. The van der Waals surface area contributed by atoms with Crippen molar-refractivity contribution in [3.05, 3.63) is 100 Å². The molecule has 0 aliphatic carbocycles. The van der Waals surface area contributed by atoms with Crippen LogP contribution in [-0.2, 0) is 9.59 Å². The van der Waals surface area contributed by atoms with Gasteiger partial charge in [-0.15, -0.1) is 0 Å². The van der Waals surface area contributed by atoms with E-state index in [0.29, 0.717) is 17.0 Å². The summed E-state index contributed by atoms with van der Waals surface area (Å²) in [4.78, 5) is 28.0. The van der Waals surface area contributed by atoms with E-state index >= 15 is 0 Å². The van der Waals surface area contributed by atoms with Crippen molar-refractivity contribution in [3.63, 3.8) is 0 Å². The molecule has 4 rings (SSSR count). The Morgan fingerprint density at radius 1 is 0.875 bits per heavy atom. The molecule has 1 atom stereocenters. The number of rotatable bonds is 4. The molecule has 162 valence electrons. The number of benzene rings is 3. The van der Waals surface area contributed by atoms with E-state index in [1.165, 1.54) is 12.0 Å². The van der Waals surface area contributed by atoms with Crippen molar-refractivity contribution in [2.45, 2.75) is 26.8 Å². The van der Waals surface area contributed by atoms with Gasteiger partial charge in [-0.1, -0.05) is 59.2 Å². The van der Waals surface area contributed by atoms with Gasteiger partial charge in [-0.25, -0.2) is 0 Å². The van der Waals surface area contributed by atoms with Gasteiger partial charge in [-0.2, -0.15) is 0 Å². The zero-order valence-electron chi connectivity index (χ0n) is 18.5. The van der Waals surface area contributed by atoms with Crippen molar-refractivity contribution >= 4 is 23.1 Å². The predicted octanol–water partition coefficient (Wildman–Crippen LogP) is 5.25. The third-order valence-corrected chi connectivity index (χ3v) is 5.72. The third-order valence-electron chi connectivity index (χ3n) is 5.72. The predicted molar refractivity (Wildman–Crippen MR) is 125 cm³/mol. The lowest BCUT2D eigenvalue weighted by atomic mass is 9.93. The average molecular weight is 428 g/mol. The summed E-state index contributed by atoms with van der Waals surface area (Å²) in [7, 11) is 1.50. The molecule has 1 saturated heterocycles. The van der Waals surface area contributed by atoms with Crippen molar-refractivity contribution in [1.82, 2.24) is 0 Å². The van der Waals surface area contributed by atoms with Gasteiger partial charge in [0.15, 0.2) is 0 Å². The maximum Gasteiger partial charge on any atom is 0.300 e. The van der Waals surface area contributed by atoms with Crippen molar-refractivity contribution in [2.24, 2.45) is 0 Å². The van der Waals surface area contributed by atoms with Crippen LogP contribution in [0.5, 0.6) is 5.75 Å². The molecule has 3 aromatic rings. The largest absolute Gasteiger partial charge is 0.507 e. The Hall–Kier alpha value is -3.86.